The van der Waals surface area contributed by atoms with Crippen LogP contribution in [-0.2, 0) is 6.54 Å². The maximum Gasteiger partial charge on any atom is 0.198 e. The molecule has 0 spiro atoms. The second-order valence-corrected chi connectivity index (χ2v) is 7.17. The molecule has 4 nitrogen and oxygen atoms in total. The summed E-state index contributed by atoms with van der Waals surface area (Å²) in [5, 5.41) is 0. The predicted molar refractivity (Wildman–Crippen MR) is 109 cm³/mol. The Hall–Kier alpha value is -3.01. The number of allylic oxidation sites excluding steroid dienone is 2. The van der Waals surface area contributed by atoms with Crippen molar-refractivity contribution < 1.29 is 0 Å². The molecular weight excluding hydrogens is 332 g/mol. The van der Waals surface area contributed by atoms with Gasteiger partial charge in [0.2, 0.25) is 0 Å². The maximum atomic E-state index is 4.91. The summed E-state index contributed by atoms with van der Waals surface area (Å²) in [5.74, 6) is 0.956. The number of fused-ring (bicyclic) bond motifs is 2. The van der Waals surface area contributed by atoms with E-state index in [-0.39, 0.29) is 0 Å². The summed E-state index contributed by atoms with van der Waals surface area (Å²) in [7, 11) is 0. The fourth-order valence-electron chi connectivity index (χ4n) is 3.91. The molecule has 0 saturated carbocycles. The molecule has 2 heterocycles. The van der Waals surface area contributed by atoms with Crippen LogP contribution >= 0.6 is 0 Å². The van der Waals surface area contributed by atoms with Gasteiger partial charge in [0.1, 0.15) is 5.82 Å². The number of hydrogen-bond acceptors (Lipinski definition) is 3. The Kier molecular flexibility index (Phi) is 4.17. The van der Waals surface area contributed by atoms with Gasteiger partial charge in [-0.2, -0.15) is 0 Å². The Morgan fingerprint density at radius 3 is 2.37 bits per heavy atom. The van der Waals surface area contributed by atoms with E-state index in [0.29, 0.717) is 0 Å². The number of aromatic nitrogens is 4. The minimum Gasteiger partial charge on any atom is -0.307 e. The number of imidazole rings is 1. The van der Waals surface area contributed by atoms with Crippen LogP contribution < -0.4 is 0 Å². The second-order valence-electron chi connectivity index (χ2n) is 7.17. The smallest absolute Gasteiger partial charge is 0.198 e. The summed E-state index contributed by atoms with van der Waals surface area (Å²) in [6.07, 6.45) is 8.56. The molecule has 2 aromatic carbocycles. The molecule has 1 aliphatic rings. The van der Waals surface area contributed by atoms with Crippen molar-refractivity contribution in [2.24, 2.45) is 0 Å². The van der Waals surface area contributed by atoms with Gasteiger partial charge in [0.15, 0.2) is 11.3 Å². The van der Waals surface area contributed by atoms with Gasteiger partial charge in [-0.25, -0.2) is 15.0 Å². The molecule has 0 N–H and O–H groups in total. The Morgan fingerprint density at radius 1 is 0.815 bits per heavy atom. The van der Waals surface area contributed by atoms with Crippen LogP contribution in [-0.4, -0.2) is 19.5 Å². The molecule has 0 aliphatic heterocycles. The average molecular weight is 354 g/mol. The van der Waals surface area contributed by atoms with E-state index in [9.17, 15) is 0 Å². The number of nitrogens with zero attached hydrogens (tertiary/aromatic N) is 4. The highest BCUT2D eigenvalue weighted by Crippen LogP contribution is 2.27. The Balaban J connectivity index is 1.64. The molecule has 0 atom stereocenters. The van der Waals surface area contributed by atoms with Gasteiger partial charge >= 0.3 is 0 Å². The molecule has 0 amide bonds. The Bertz CT molecular complexity index is 1130. The van der Waals surface area contributed by atoms with Crippen LogP contribution in [0.15, 0.2) is 66.2 Å². The summed E-state index contributed by atoms with van der Waals surface area (Å²) >= 11 is 0. The highest BCUT2D eigenvalue weighted by atomic mass is 15.2. The summed E-state index contributed by atoms with van der Waals surface area (Å²) in [4.78, 5) is 14.5. The van der Waals surface area contributed by atoms with Crippen molar-refractivity contribution >= 4 is 22.3 Å². The van der Waals surface area contributed by atoms with E-state index in [1.54, 1.807) is 5.57 Å². The van der Waals surface area contributed by atoms with Gasteiger partial charge in [-0.3, -0.25) is 0 Å². The first-order valence-electron chi connectivity index (χ1n) is 9.75. The monoisotopic (exact) mass is 354 g/mol. The fourth-order valence-corrected chi connectivity index (χ4v) is 3.91. The number of hydrogen-bond donors (Lipinski definition) is 0. The predicted octanol–water partition coefficient (Wildman–Crippen LogP) is 5.54. The number of benzene rings is 2. The van der Waals surface area contributed by atoms with Crippen LogP contribution in [0.5, 0.6) is 0 Å². The molecule has 1 aliphatic carbocycles. The first-order valence-corrected chi connectivity index (χ1v) is 9.75. The molecule has 5 rings (SSSR count). The maximum absolute atomic E-state index is 4.91. The van der Waals surface area contributed by atoms with Crippen molar-refractivity contribution in [3.63, 3.8) is 0 Å². The van der Waals surface area contributed by atoms with Crippen molar-refractivity contribution in [3.8, 4) is 11.4 Å². The Labute approximate surface area is 158 Å². The van der Waals surface area contributed by atoms with E-state index >= 15 is 0 Å². The molecule has 27 heavy (non-hydrogen) atoms. The lowest BCUT2D eigenvalue weighted by atomic mass is 9.97. The van der Waals surface area contributed by atoms with Crippen molar-refractivity contribution in [3.05, 3.63) is 66.2 Å². The lowest BCUT2D eigenvalue weighted by molar-refractivity contribution is 0.634. The average Bonchev–Trinajstić information content (AvgIpc) is 3.09. The zero-order chi connectivity index (χ0) is 18.1. The van der Waals surface area contributed by atoms with Crippen molar-refractivity contribution in [2.45, 2.75) is 38.6 Å². The fraction of sp³-hybridized carbons (Fsp3) is 0.261. The van der Waals surface area contributed by atoms with Gasteiger partial charge in [0, 0.05) is 12.1 Å². The van der Waals surface area contributed by atoms with Crippen LogP contribution in [0, 0.1) is 0 Å². The Morgan fingerprint density at radius 2 is 1.59 bits per heavy atom. The molecule has 0 saturated heterocycles. The first kappa shape index (κ1) is 16.2. The minimum atomic E-state index is 0.727. The summed E-state index contributed by atoms with van der Waals surface area (Å²) in [6, 6.07) is 18.4. The third-order valence-corrected chi connectivity index (χ3v) is 5.33. The van der Waals surface area contributed by atoms with Crippen LogP contribution in [0.1, 0.15) is 32.1 Å². The first-order chi connectivity index (χ1) is 13.4. The molecule has 2 aromatic heterocycles. The summed E-state index contributed by atoms with van der Waals surface area (Å²) < 4.78 is 2.25. The van der Waals surface area contributed by atoms with Crippen LogP contribution in [0.25, 0.3) is 33.7 Å². The summed E-state index contributed by atoms with van der Waals surface area (Å²) in [5.41, 5.74) is 6.09. The highest BCUT2D eigenvalue weighted by Gasteiger charge is 2.16. The molecule has 4 aromatic rings. The summed E-state index contributed by atoms with van der Waals surface area (Å²) in [6.45, 7) is 0.888. The minimum absolute atomic E-state index is 0.727. The van der Waals surface area contributed by atoms with E-state index in [1.807, 2.05) is 30.3 Å². The van der Waals surface area contributed by atoms with E-state index in [4.69, 9.17) is 15.0 Å². The van der Waals surface area contributed by atoms with Gasteiger partial charge in [-0.15, -0.1) is 0 Å². The van der Waals surface area contributed by atoms with E-state index < -0.39 is 0 Å². The molecule has 0 bridgehead atoms. The van der Waals surface area contributed by atoms with E-state index in [0.717, 1.165) is 46.7 Å². The second kappa shape index (κ2) is 6.95. The molecule has 0 fully saturated rings. The molecule has 4 heteroatoms. The van der Waals surface area contributed by atoms with Crippen molar-refractivity contribution in [1.29, 1.82) is 0 Å². The van der Waals surface area contributed by atoms with E-state index in [1.165, 1.54) is 25.7 Å². The zero-order valence-corrected chi connectivity index (χ0v) is 15.3. The van der Waals surface area contributed by atoms with Crippen LogP contribution in [0.4, 0.5) is 0 Å². The largest absolute Gasteiger partial charge is 0.307 e. The third-order valence-electron chi connectivity index (χ3n) is 5.33. The number of aryl methyl sites for hydroxylation is 1. The zero-order valence-electron chi connectivity index (χ0n) is 15.3. The van der Waals surface area contributed by atoms with Gasteiger partial charge in [0.05, 0.1) is 11.0 Å². The number of rotatable bonds is 4. The van der Waals surface area contributed by atoms with Gasteiger partial charge < -0.3 is 4.57 Å². The third kappa shape index (κ3) is 3.12. The van der Waals surface area contributed by atoms with Crippen LogP contribution in [0.2, 0.25) is 0 Å². The standard InChI is InChI=1S/C23H22N4/c1-3-9-17(10-4-1)15-16-27-22(18-11-5-2-6-12-18)26-21-23(27)25-20-14-8-7-13-19(20)24-21/h2,5-9,11-14H,1,3-4,10,15-16H2. The topological polar surface area (TPSA) is 43.6 Å². The molecule has 0 radical (unpaired) electrons. The lowest BCUT2D eigenvalue weighted by Gasteiger charge is -2.14. The quantitative estimate of drug-likeness (QED) is 0.452. The van der Waals surface area contributed by atoms with Crippen molar-refractivity contribution in [2.75, 3.05) is 0 Å². The van der Waals surface area contributed by atoms with Gasteiger partial charge in [0.25, 0.3) is 0 Å². The number of para-hydroxylation sites is 2. The molecule has 0 unspecified atom stereocenters. The molecule has 134 valence electrons. The van der Waals surface area contributed by atoms with Crippen molar-refractivity contribution in [1.82, 2.24) is 19.5 Å². The lowest BCUT2D eigenvalue weighted by Crippen LogP contribution is -2.04. The molecular formula is C23H22N4. The van der Waals surface area contributed by atoms with E-state index in [2.05, 4.69) is 34.9 Å². The van der Waals surface area contributed by atoms with Gasteiger partial charge in [-0.05, 0) is 44.2 Å². The highest BCUT2D eigenvalue weighted by molar-refractivity contribution is 5.84. The normalized spacial score (nSPS) is 14.6. The van der Waals surface area contributed by atoms with Crippen LogP contribution in [0.3, 0.4) is 0 Å². The van der Waals surface area contributed by atoms with Gasteiger partial charge in [-0.1, -0.05) is 54.1 Å². The SMILES string of the molecule is C1=C(CCn2c(-c3ccccc3)nc3nc4ccccc4nc32)CCCC1.